The molecule has 0 aliphatic heterocycles. The van der Waals surface area contributed by atoms with Crippen LogP contribution in [0.1, 0.15) is 50.5 Å². The second-order valence-corrected chi connectivity index (χ2v) is 7.62. The number of aromatic nitrogens is 3. The Hall–Kier alpha value is -2.57. The maximum absolute atomic E-state index is 12.5. The first-order valence-corrected chi connectivity index (χ1v) is 10.0. The van der Waals surface area contributed by atoms with Crippen molar-refractivity contribution < 1.29 is 17.9 Å². The normalized spacial score (nSPS) is 15.7. The summed E-state index contributed by atoms with van der Waals surface area (Å²) in [6.45, 7) is 6.06. The van der Waals surface area contributed by atoms with Crippen LogP contribution in [0, 0.1) is 12.8 Å². The van der Waals surface area contributed by atoms with Gasteiger partial charge < -0.3 is 9.30 Å². The molecular weight excluding hydrogens is 379 g/mol. The van der Waals surface area contributed by atoms with E-state index in [1.54, 1.807) is 19.2 Å². The van der Waals surface area contributed by atoms with Crippen LogP contribution in [0.25, 0.3) is 22.3 Å². The van der Waals surface area contributed by atoms with E-state index in [-0.39, 0.29) is 5.75 Å². The van der Waals surface area contributed by atoms with E-state index in [1.165, 1.54) is 25.0 Å². The van der Waals surface area contributed by atoms with Crippen molar-refractivity contribution in [1.82, 2.24) is 14.5 Å². The largest absolute Gasteiger partial charge is 0.573 e. The molecule has 1 atom stereocenters. The second-order valence-electron chi connectivity index (χ2n) is 7.62. The summed E-state index contributed by atoms with van der Waals surface area (Å²) in [6.07, 6.45) is 1.36. The van der Waals surface area contributed by atoms with Crippen LogP contribution in [-0.4, -0.2) is 20.9 Å². The lowest BCUT2D eigenvalue weighted by Crippen LogP contribution is -2.17. The number of benzene rings is 1. The third-order valence-corrected chi connectivity index (χ3v) is 5.61. The molecule has 4 nitrogen and oxygen atoms in total. The van der Waals surface area contributed by atoms with E-state index in [9.17, 15) is 13.2 Å². The van der Waals surface area contributed by atoms with Crippen molar-refractivity contribution in [3.8, 4) is 16.9 Å². The predicted octanol–water partition coefficient (Wildman–Crippen LogP) is 6.23. The molecule has 1 aromatic carbocycles. The summed E-state index contributed by atoms with van der Waals surface area (Å²) < 4.78 is 43.9. The summed E-state index contributed by atoms with van der Waals surface area (Å²) >= 11 is 0. The van der Waals surface area contributed by atoms with Gasteiger partial charge in [0.05, 0.1) is 0 Å². The Morgan fingerprint density at radius 3 is 2.52 bits per heavy atom. The molecule has 1 aliphatic rings. The van der Waals surface area contributed by atoms with Gasteiger partial charge in [0, 0.05) is 24.2 Å². The molecule has 2 heterocycles. The van der Waals surface area contributed by atoms with Crippen molar-refractivity contribution in [2.75, 3.05) is 0 Å². The molecule has 4 rings (SSSR count). The number of pyridine rings is 1. The summed E-state index contributed by atoms with van der Waals surface area (Å²) in [7, 11) is 0. The average molecular weight is 403 g/mol. The van der Waals surface area contributed by atoms with E-state index >= 15 is 0 Å². The van der Waals surface area contributed by atoms with Crippen LogP contribution in [0.4, 0.5) is 13.2 Å². The van der Waals surface area contributed by atoms with Crippen LogP contribution in [0.15, 0.2) is 30.5 Å². The number of imidazole rings is 1. The first kappa shape index (κ1) is 19.7. The molecule has 0 amide bonds. The smallest absolute Gasteiger partial charge is 0.406 e. The highest BCUT2D eigenvalue weighted by molar-refractivity contribution is 5.91. The fourth-order valence-electron chi connectivity index (χ4n) is 4.19. The molecule has 0 bridgehead atoms. The number of nitrogens with zero attached hydrogens (tertiary/aromatic N) is 3. The zero-order valence-electron chi connectivity index (χ0n) is 16.8. The fourth-order valence-corrected chi connectivity index (χ4v) is 4.19. The summed E-state index contributed by atoms with van der Waals surface area (Å²) in [5, 5.41) is 0. The van der Waals surface area contributed by atoms with Crippen LogP contribution < -0.4 is 4.74 Å². The molecular formula is C22H24F3N3O. The van der Waals surface area contributed by atoms with E-state index in [2.05, 4.69) is 28.1 Å². The van der Waals surface area contributed by atoms with Crippen molar-refractivity contribution in [3.05, 3.63) is 41.9 Å². The molecule has 3 aromatic rings. The lowest BCUT2D eigenvalue weighted by Gasteiger charge is -2.19. The molecule has 7 heteroatoms. The second kappa shape index (κ2) is 7.35. The first-order valence-electron chi connectivity index (χ1n) is 10.0. The number of aryl methyl sites for hydroxylation is 2. The number of hydrogen-bond donors (Lipinski definition) is 0. The van der Waals surface area contributed by atoms with Gasteiger partial charge in [-0.25, -0.2) is 9.97 Å². The van der Waals surface area contributed by atoms with E-state index in [0.29, 0.717) is 17.5 Å². The van der Waals surface area contributed by atoms with Gasteiger partial charge in [0.1, 0.15) is 17.1 Å². The summed E-state index contributed by atoms with van der Waals surface area (Å²) in [5.74, 6) is 1.46. The Labute approximate surface area is 167 Å². The summed E-state index contributed by atoms with van der Waals surface area (Å²) in [5.41, 5.74) is 4.06. The number of ether oxygens (including phenoxy) is 1. The lowest BCUT2D eigenvalue weighted by atomic mass is 10.0. The first-order chi connectivity index (χ1) is 13.8. The van der Waals surface area contributed by atoms with Crippen LogP contribution in [0.2, 0.25) is 0 Å². The van der Waals surface area contributed by atoms with Gasteiger partial charge >= 0.3 is 6.36 Å². The Bertz CT molecular complexity index is 1040. The van der Waals surface area contributed by atoms with Gasteiger partial charge in [0.15, 0.2) is 5.65 Å². The minimum absolute atomic E-state index is 0.219. The number of alkyl halides is 3. The standard InChI is InChI=1S/C22H24F3N3O/c1-4-18(14-6-7-14)28-19(5-2)27-20-17(10-11-26-21(20)28)16-9-8-15(12-13(16)3)29-22(23,24)25/h8-12,14,18H,4-7H2,1-3H3. The van der Waals surface area contributed by atoms with Gasteiger partial charge in [-0.05, 0) is 61.4 Å². The van der Waals surface area contributed by atoms with E-state index in [0.717, 1.165) is 41.0 Å². The molecule has 2 aromatic heterocycles. The van der Waals surface area contributed by atoms with Gasteiger partial charge in [-0.2, -0.15) is 0 Å². The Morgan fingerprint density at radius 2 is 1.93 bits per heavy atom. The molecule has 154 valence electrons. The van der Waals surface area contributed by atoms with Crippen molar-refractivity contribution in [2.24, 2.45) is 5.92 Å². The van der Waals surface area contributed by atoms with Crippen LogP contribution in [0.5, 0.6) is 5.75 Å². The highest BCUT2D eigenvalue weighted by atomic mass is 19.4. The predicted molar refractivity (Wildman–Crippen MR) is 106 cm³/mol. The Morgan fingerprint density at radius 1 is 1.17 bits per heavy atom. The van der Waals surface area contributed by atoms with Crippen molar-refractivity contribution >= 4 is 11.2 Å². The molecule has 1 saturated carbocycles. The maximum Gasteiger partial charge on any atom is 0.573 e. The van der Waals surface area contributed by atoms with E-state index in [4.69, 9.17) is 4.98 Å². The van der Waals surface area contributed by atoms with Crippen LogP contribution in [0.3, 0.4) is 0 Å². The number of rotatable bonds is 6. The van der Waals surface area contributed by atoms with Crippen LogP contribution >= 0.6 is 0 Å². The maximum atomic E-state index is 12.5. The molecule has 0 saturated heterocycles. The fraction of sp³-hybridized carbons (Fsp3) is 0.455. The van der Waals surface area contributed by atoms with Gasteiger partial charge in [0.2, 0.25) is 0 Å². The Kier molecular flexibility index (Phi) is 5.00. The zero-order valence-corrected chi connectivity index (χ0v) is 16.8. The monoisotopic (exact) mass is 403 g/mol. The van der Waals surface area contributed by atoms with Crippen molar-refractivity contribution in [3.63, 3.8) is 0 Å². The molecule has 0 radical (unpaired) electrons. The van der Waals surface area contributed by atoms with E-state index in [1.807, 2.05) is 6.07 Å². The van der Waals surface area contributed by atoms with Gasteiger partial charge in [-0.1, -0.05) is 19.9 Å². The molecule has 0 N–H and O–H groups in total. The highest BCUT2D eigenvalue weighted by Gasteiger charge is 2.34. The van der Waals surface area contributed by atoms with Gasteiger partial charge in [0.25, 0.3) is 0 Å². The number of hydrogen-bond acceptors (Lipinski definition) is 3. The topological polar surface area (TPSA) is 39.9 Å². The number of halogens is 3. The summed E-state index contributed by atoms with van der Waals surface area (Å²) in [4.78, 5) is 9.54. The third-order valence-electron chi connectivity index (χ3n) is 5.61. The third kappa shape index (κ3) is 3.82. The lowest BCUT2D eigenvalue weighted by molar-refractivity contribution is -0.274. The molecule has 1 aliphatic carbocycles. The SMILES string of the molecule is CCc1nc2c(-c3ccc(OC(F)(F)F)cc3C)ccnc2n1C(CC)C1CC1. The quantitative estimate of drug-likeness (QED) is 0.490. The molecule has 1 unspecified atom stereocenters. The molecule has 0 spiro atoms. The van der Waals surface area contributed by atoms with Crippen molar-refractivity contribution in [1.29, 1.82) is 0 Å². The highest BCUT2D eigenvalue weighted by Crippen LogP contribution is 2.44. The zero-order chi connectivity index (χ0) is 20.8. The minimum atomic E-state index is -4.70. The number of fused-ring (bicyclic) bond motifs is 1. The van der Waals surface area contributed by atoms with Gasteiger partial charge in [-0.3, -0.25) is 0 Å². The summed E-state index contributed by atoms with van der Waals surface area (Å²) in [6, 6.07) is 6.68. The molecule has 1 fully saturated rings. The Balaban J connectivity index is 1.82. The van der Waals surface area contributed by atoms with Gasteiger partial charge in [-0.15, -0.1) is 13.2 Å². The molecule has 29 heavy (non-hydrogen) atoms. The van der Waals surface area contributed by atoms with E-state index < -0.39 is 6.36 Å². The minimum Gasteiger partial charge on any atom is -0.406 e. The van der Waals surface area contributed by atoms with Crippen LogP contribution in [-0.2, 0) is 6.42 Å². The van der Waals surface area contributed by atoms with Crippen molar-refractivity contribution in [2.45, 2.75) is 58.9 Å². The average Bonchev–Trinajstić information content (AvgIpc) is 3.42.